The summed E-state index contributed by atoms with van der Waals surface area (Å²) in [5, 5.41) is 11.4. The van der Waals surface area contributed by atoms with E-state index in [1.807, 2.05) is 0 Å². The van der Waals surface area contributed by atoms with E-state index in [4.69, 9.17) is 9.84 Å². The van der Waals surface area contributed by atoms with Crippen LogP contribution in [0, 0.1) is 0 Å². The molecule has 166 valence electrons. The van der Waals surface area contributed by atoms with Crippen LogP contribution in [0.15, 0.2) is 0 Å². The van der Waals surface area contributed by atoms with E-state index in [1.54, 1.807) is 0 Å². The fourth-order valence-corrected chi connectivity index (χ4v) is 3.27. The third-order valence-corrected chi connectivity index (χ3v) is 5.04. The molecule has 0 amide bonds. The zero-order valence-electron chi connectivity index (χ0n) is 18.3. The number of ether oxygens (including phenoxy) is 1. The average Bonchev–Trinajstić information content (AvgIpc) is 2.67. The quantitative estimate of drug-likeness (QED) is 0.176. The van der Waals surface area contributed by atoms with Gasteiger partial charge in [-0.3, -0.25) is 9.59 Å². The molecule has 0 aliphatic heterocycles. The lowest BCUT2D eigenvalue weighted by molar-refractivity contribution is -0.143. The third kappa shape index (κ3) is 22.9. The van der Waals surface area contributed by atoms with Gasteiger partial charge in [0.1, 0.15) is 6.61 Å². The van der Waals surface area contributed by atoms with Crippen molar-refractivity contribution in [3.8, 4) is 0 Å². The van der Waals surface area contributed by atoms with Crippen LogP contribution in [0.5, 0.6) is 0 Å². The topological polar surface area (TPSA) is 75.6 Å². The molecule has 0 aromatic carbocycles. The summed E-state index contributed by atoms with van der Waals surface area (Å²) in [7, 11) is 0. The van der Waals surface area contributed by atoms with Crippen molar-refractivity contribution in [2.45, 2.75) is 116 Å². The van der Waals surface area contributed by atoms with Gasteiger partial charge in [0.15, 0.2) is 0 Å². The van der Waals surface area contributed by atoms with E-state index < -0.39 is 5.97 Å². The molecule has 0 unspecified atom stereocenters. The minimum atomic E-state index is -0.822. The van der Waals surface area contributed by atoms with Gasteiger partial charge >= 0.3 is 11.9 Å². The van der Waals surface area contributed by atoms with Gasteiger partial charge in [-0.2, -0.15) is 0 Å². The minimum Gasteiger partial charge on any atom is -0.481 e. The first-order valence-electron chi connectivity index (χ1n) is 11.7. The molecule has 0 rings (SSSR count). The molecule has 0 radical (unpaired) electrons. The maximum atomic E-state index is 11.6. The summed E-state index contributed by atoms with van der Waals surface area (Å²) in [6.45, 7) is 3.50. The largest absolute Gasteiger partial charge is 0.481 e. The highest BCUT2D eigenvalue weighted by Gasteiger charge is 2.02. The average molecular weight is 400 g/mol. The first kappa shape index (κ1) is 26.9. The number of esters is 1. The zero-order valence-corrected chi connectivity index (χ0v) is 18.3. The highest BCUT2D eigenvalue weighted by molar-refractivity contribution is 5.69. The number of carboxylic acid groups (broad SMARTS) is 1. The van der Waals surface area contributed by atoms with Gasteiger partial charge in [-0.25, -0.2) is 0 Å². The second-order valence-corrected chi connectivity index (χ2v) is 7.81. The van der Waals surface area contributed by atoms with Gasteiger partial charge in [-0.1, -0.05) is 96.8 Å². The number of carboxylic acids is 1. The Kier molecular flexibility index (Phi) is 21.3. The molecule has 0 aliphatic rings. The van der Waals surface area contributed by atoms with Gasteiger partial charge < -0.3 is 15.2 Å². The van der Waals surface area contributed by atoms with E-state index in [0.29, 0.717) is 26.1 Å². The number of unbranched alkanes of at least 4 members (excludes halogenated alkanes) is 14. The van der Waals surface area contributed by atoms with Crippen molar-refractivity contribution in [1.29, 1.82) is 0 Å². The standard InChI is InChI=1S/C23H45NO4/c1-2-3-4-5-6-7-8-9-10-11-12-13-14-15-16-17-23(27)28-21-20-24-19-18-22(25)26/h24H,2-21H2,1H3,(H,25,26). The van der Waals surface area contributed by atoms with Crippen LogP contribution in [-0.2, 0) is 14.3 Å². The maximum Gasteiger partial charge on any atom is 0.305 e. The van der Waals surface area contributed by atoms with Crippen LogP contribution in [0.4, 0.5) is 0 Å². The van der Waals surface area contributed by atoms with Crippen LogP contribution in [0.25, 0.3) is 0 Å². The predicted molar refractivity (Wildman–Crippen MR) is 116 cm³/mol. The summed E-state index contributed by atoms with van der Waals surface area (Å²) in [4.78, 5) is 21.9. The molecule has 0 aromatic rings. The fraction of sp³-hybridized carbons (Fsp3) is 0.913. The van der Waals surface area contributed by atoms with E-state index in [-0.39, 0.29) is 12.4 Å². The molecule has 0 spiro atoms. The Hall–Kier alpha value is -1.10. The lowest BCUT2D eigenvalue weighted by Gasteiger charge is -2.06. The van der Waals surface area contributed by atoms with Crippen LogP contribution < -0.4 is 5.32 Å². The SMILES string of the molecule is CCCCCCCCCCCCCCCCCC(=O)OCCNCCC(=O)O. The van der Waals surface area contributed by atoms with E-state index in [0.717, 1.165) is 12.8 Å². The molecule has 0 heterocycles. The van der Waals surface area contributed by atoms with Crippen molar-refractivity contribution in [3.05, 3.63) is 0 Å². The van der Waals surface area contributed by atoms with Crippen molar-refractivity contribution in [2.24, 2.45) is 0 Å². The Morgan fingerprint density at radius 3 is 1.61 bits per heavy atom. The van der Waals surface area contributed by atoms with Crippen molar-refractivity contribution in [3.63, 3.8) is 0 Å². The Bertz CT molecular complexity index is 361. The maximum absolute atomic E-state index is 11.6. The van der Waals surface area contributed by atoms with Crippen LogP contribution in [0.2, 0.25) is 0 Å². The molecule has 0 bridgehead atoms. The van der Waals surface area contributed by atoms with E-state index in [1.165, 1.54) is 83.5 Å². The van der Waals surface area contributed by atoms with Crippen molar-refractivity contribution >= 4 is 11.9 Å². The van der Waals surface area contributed by atoms with Crippen LogP contribution in [-0.4, -0.2) is 36.7 Å². The Balaban J connectivity index is 3.14. The van der Waals surface area contributed by atoms with Gasteiger partial charge in [-0.05, 0) is 6.42 Å². The Labute approximate surface area is 173 Å². The highest BCUT2D eigenvalue weighted by Crippen LogP contribution is 2.13. The molecule has 2 N–H and O–H groups in total. The molecule has 0 aliphatic carbocycles. The smallest absolute Gasteiger partial charge is 0.305 e. The van der Waals surface area contributed by atoms with E-state index in [2.05, 4.69) is 12.2 Å². The monoisotopic (exact) mass is 399 g/mol. The van der Waals surface area contributed by atoms with Gasteiger partial charge in [0.05, 0.1) is 6.42 Å². The predicted octanol–water partition coefficient (Wildman–Crippen LogP) is 5.86. The van der Waals surface area contributed by atoms with Crippen LogP contribution in [0.3, 0.4) is 0 Å². The Morgan fingerprint density at radius 2 is 1.14 bits per heavy atom. The number of hydrogen-bond donors (Lipinski definition) is 2. The number of rotatable bonds is 22. The second kappa shape index (κ2) is 22.2. The van der Waals surface area contributed by atoms with Gasteiger partial charge in [0.2, 0.25) is 0 Å². The fourth-order valence-electron chi connectivity index (χ4n) is 3.27. The zero-order chi connectivity index (χ0) is 20.7. The summed E-state index contributed by atoms with van der Waals surface area (Å²) in [6, 6.07) is 0. The molecule has 0 fully saturated rings. The molecular formula is C23H45NO4. The van der Waals surface area contributed by atoms with Gasteiger partial charge in [-0.15, -0.1) is 0 Å². The highest BCUT2D eigenvalue weighted by atomic mass is 16.5. The molecule has 5 heteroatoms. The summed E-state index contributed by atoms with van der Waals surface area (Å²) in [5.74, 6) is -0.965. The van der Waals surface area contributed by atoms with Crippen LogP contribution in [0.1, 0.15) is 116 Å². The number of hydrogen-bond acceptors (Lipinski definition) is 4. The summed E-state index contributed by atoms with van der Waals surface area (Å²) >= 11 is 0. The van der Waals surface area contributed by atoms with Crippen molar-refractivity contribution < 1.29 is 19.4 Å². The lowest BCUT2D eigenvalue weighted by atomic mass is 10.0. The first-order valence-corrected chi connectivity index (χ1v) is 11.7. The number of aliphatic carboxylic acids is 1. The molecule has 28 heavy (non-hydrogen) atoms. The molecule has 0 atom stereocenters. The van der Waals surface area contributed by atoms with Crippen molar-refractivity contribution in [1.82, 2.24) is 5.32 Å². The molecule has 0 saturated carbocycles. The van der Waals surface area contributed by atoms with Gasteiger partial charge in [0.25, 0.3) is 0 Å². The van der Waals surface area contributed by atoms with Crippen LogP contribution >= 0.6 is 0 Å². The Morgan fingerprint density at radius 1 is 0.679 bits per heavy atom. The number of nitrogens with one attached hydrogen (secondary N) is 1. The first-order chi connectivity index (χ1) is 13.7. The van der Waals surface area contributed by atoms with Gasteiger partial charge in [0, 0.05) is 19.5 Å². The summed E-state index contributed by atoms with van der Waals surface area (Å²) in [5.41, 5.74) is 0. The molecular weight excluding hydrogens is 354 g/mol. The normalized spacial score (nSPS) is 10.9. The van der Waals surface area contributed by atoms with Crippen molar-refractivity contribution in [2.75, 3.05) is 19.7 Å². The summed E-state index contributed by atoms with van der Waals surface area (Å²) in [6.07, 6.45) is 20.3. The third-order valence-electron chi connectivity index (χ3n) is 5.04. The molecule has 5 nitrogen and oxygen atoms in total. The summed E-state index contributed by atoms with van der Waals surface area (Å²) < 4.78 is 5.12. The second-order valence-electron chi connectivity index (χ2n) is 7.81. The van der Waals surface area contributed by atoms with E-state index in [9.17, 15) is 9.59 Å². The molecule has 0 saturated heterocycles. The minimum absolute atomic E-state index is 0.0903. The number of carbonyl (C=O) groups is 2. The molecule has 0 aromatic heterocycles. The van der Waals surface area contributed by atoms with E-state index >= 15 is 0 Å². The number of carbonyl (C=O) groups excluding carboxylic acids is 1. The lowest BCUT2D eigenvalue weighted by Crippen LogP contribution is -2.23.